The summed E-state index contributed by atoms with van der Waals surface area (Å²) in [5.74, 6) is 0. The molecular formula is C23H22IN3. The number of halogens is 1. The molecule has 5 rings (SSSR count). The topological polar surface area (TPSA) is 12.9 Å². The number of benzene rings is 3. The minimum absolute atomic E-state index is 0. The van der Waals surface area contributed by atoms with Crippen molar-refractivity contribution in [1.82, 2.24) is 13.7 Å². The van der Waals surface area contributed by atoms with Crippen molar-refractivity contribution in [1.29, 1.82) is 0 Å². The highest BCUT2D eigenvalue weighted by Crippen LogP contribution is 2.36. The summed E-state index contributed by atoms with van der Waals surface area (Å²) in [5.41, 5.74) is 5.08. The maximum atomic E-state index is 2.36. The van der Waals surface area contributed by atoms with Crippen molar-refractivity contribution in [3.05, 3.63) is 66.0 Å². The molecule has 0 saturated heterocycles. The van der Waals surface area contributed by atoms with Crippen molar-refractivity contribution in [3.63, 3.8) is 0 Å². The van der Waals surface area contributed by atoms with Gasteiger partial charge in [0.2, 0.25) is 5.36 Å². The van der Waals surface area contributed by atoms with Gasteiger partial charge in [0.05, 0.1) is 22.1 Å². The lowest BCUT2D eigenvalue weighted by Crippen LogP contribution is -3.00. The van der Waals surface area contributed by atoms with Crippen LogP contribution in [-0.2, 0) is 14.1 Å². The second kappa shape index (κ2) is 6.37. The minimum Gasteiger partial charge on any atom is -1.00 e. The molecule has 0 aliphatic carbocycles. The highest BCUT2D eigenvalue weighted by molar-refractivity contribution is 6.24. The Bertz CT molecular complexity index is 1420. The molecule has 2 aromatic heterocycles. The van der Waals surface area contributed by atoms with Gasteiger partial charge in [0, 0.05) is 42.4 Å². The van der Waals surface area contributed by atoms with Gasteiger partial charge in [-0.3, -0.25) is 0 Å². The second-order valence-electron chi connectivity index (χ2n) is 7.28. The quantitative estimate of drug-likeness (QED) is 0.140. The van der Waals surface area contributed by atoms with Crippen LogP contribution in [0.4, 0.5) is 0 Å². The van der Waals surface area contributed by atoms with Crippen molar-refractivity contribution in [2.24, 2.45) is 14.1 Å². The molecule has 0 radical (unpaired) electrons. The van der Waals surface area contributed by atoms with E-state index in [-0.39, 0.29) is 24.0 Å². The number of pyridine rings is 2. The molecule has 0 amide bonds. The summed E-state index contributed by atoms with van der Waals surface area (Å²) in [6.45, 7) is 0. The molecule has 0 bridgehead atoms. The number of para-hydroxylation sites is 1. The molecule has 0 spiro atoms. The van der Waals surface area contributed by atoms with Crippen LogP contribution in [0.2, 0.25) is 0 Å². The summed E-state index contributed by atoms with van der Waals surface area (Å²) in [6, 6.07) is 22.1. The zero-order valence-electron chi connectivity index (χ0n) is 16.0. The van der Waals surface area contributed by atoms with E-state index in [1.165, 1.54) is 49.0 Å². The predicted octanol–water partition coefficient (Wildman–Crippen LogP) is 1.01. The van der Waals surface area contributed by atoms with Crippen LogP contribution in [0.1, 0.15) is 0 Å². The lowest BCUT2D eigenvalue weighted by molar-refractivity contribution is -0.00000517. The predicted molar refractivity (Wildman–Crippen MR) is 112 cm³/mol. The number of hydrogen-bond acceptors (Lipinski definition) is 0. The number of nitrogens with zero attached hydrogens (tertiary/aromatic N) is 3. The molecule has 0 saturated carbocycles. The second-order valence-corrected chi connectivity index (χ2v) is 7.28. The van der Waals surface area contributed by atoms with E-state index in [9.17, 15) is 0 Å². The first-order chi connectivity index (χ1) is 12.6. The van der Waals surface area contributed by atoms with E-state index in [2.05, 4.69) is 103 Å². The molecule has 0 aliphatic heterocycles. The first-order valence-corrected chi connectivity index (χ1v) is 8.97. The van der Waals surface area contributed by atoms with Gasteiger partial charge >= 0.3 is 0 Å². The van der Waals surface area contributed by atoms with E-state index in [1.807, 2.05) is 0 Å². The lowest BCUT2D eigenvalue weighted by atomic mass is 9.99. The molecule has 0 unspecified atom stereocenters. The van der Waals surface area contributed by atoms with Crippen LogP contribution in [0.3, 0.4) is 0 Å². The van der Waals surface area contributed by atoms with Gasteiger partial charge in [-0.25, -0.2) is 4.58 Å². The lowest BCUT2D eigenvalue weighted by Gasteiger charge is -2.20. The van der Waals surface area contributed by atoms with Crippen LogP contribution in [-0.4, -0.2) is 23.2 Å². The highest BCUT2D eigenvalue weighted by Gasteiger charge is 2.15. The van der Waals surface area contributed by atoms with Gasteiger partial charge in [-0.1, -0.05) is 30.3 Å². The molecule has 136 valence electrons. The SMILES string of the molecule is Cn1c2ccccc2c2c3c(cccc31)c1ccc(=[N+](C)C)cc1n2C.[I-]. The average molecular weight is 467 g/mol. The van der Waals surface area contributed by atoms with Crippen molar-refractivity contribution in [2.45, 2.75) is 0 Å². The van der Waals surface area contributed by atoms with Gasteiger partial charge in [-0.15, -0.1) is 0 Å². The zero-order valence-corrected chi connectivity index (χ0v) is 18.2. The van der Waals surface area contributed by atoms with E-state index < -0.39 is 0 Å². The summed E-state index contributed by atoms with van der Waals surface area (Å²) < 4.78 is 6.83. The summed E-state index contributed by atoms with van der Waals surface area (Å²) in [6.07, 6.45) is 0. The molecule has 3 aromatic carbocycles. The Hall–Kier alpha value is -2.34. The molecule has 4 heteroatoms. The maximum Gasteiger partial charge on any atom is 0.201 e. The van der Waals surface area contributed by atoms with Crippen LogP contribution in [0, 0.1) is 0 Å². The van der Waals surface area contributed by atoms with E-state index in [4.69, 9.17) is 0 Å². The Balaban J connectivity index is 0.00000180. The largest absolute Gasteiger partial charge is 1.00 e. The Morgan fingerprint density at radius 1 is 0.667 bits per heavy atom. The number of aromatic nitrogens is 2. The summed E-state index contributed by atoms with van der Waals surface area (Å²) >= 11 is 0. The number of aryl methyl sites for hydroxylation is 2. The van der Waals surface area contributed by atoms with Gasteiger partial charge in [0.1, 0.15) is 14.1 Å². The first kappa shape index (κ1) is 18.0. The minimum atomic E-state index is 0. The van der Waals surface area contributed by atoms with Crippen molar-refractivity contribution >= 4 is 43.6 Å². The van der Waals surface area contributed by atoms with E-state index in [1.54, 1.807) is 0 Å². The first-order valence-electron chi connectivity index (χ1n) is 8.97. The Morgan fingerprint density at radius 2 is 1.37 bits per heavy atom. The fraction of sp³-hybridized carbons (Fsp3) is 0.174. The van der Waals surface area contributed by atoms with Crippen LogP contribution in [0.25, 0.3) is 43.6 Å². The molecule has 3 nitrogen and oxygen atoms in total. The Morgan fingerprint density at radius 3 is 2.15 bits per heavy atom. The van der Waals surface area contributed by atoms with Crippen LogP contribution >= 0.6 is 0 Å². The fourth-order valence-electron chi connectivity index (χ4n) is 4.30. The van der Waals surface area contributed by atoms with Gasteiger partial charge in [0.15, 0.2) is 0 Å². The molecular weight excluding hydrogens is 445 g/mol. The molecule has 0 fully saturated rings. The molecule has 27 heavy (non-hydrogen) atoms. The third-order valence-corrected chi connectivity index (χ3v) is 5.65. The van der Waals surface area contributed by atoms with Gasteiger partial charge in [0.25, 0.3) is 0 Å². The van der Waals surface area contributed by atoms with Crippen LogP contribution in [0.5, 0.6) is 0 Å². The Labute approximate surface area is 175 Å². The van der Waals surface area contributed by atoms with Crippen LogP contribution < -0.4 is 33.9 Å². The normalized spacial score (nSPS) is 11.4. The number of fused-ring (bicyclic) bond motifs is 4. The van der Waals surface area contributed by atoms with Crippen molar-refractivity contribution in [2.75, 3.05) is 14.1 Å². The maximum absolute atomic E-state index is 2.36. The van der Waals surface area contributed by atoms with Crippen molar-refractivity contribution < 1.29 is 24.0 Å². The number of hydrogen-bond donors (Lipinski definition) is 0. The highest BCUT2D eigenvalue weighted by atomic mass is 127. The molecule has 5 aromatic rings. The zero-order chi connectivity index (χ0) is 18.0. The average Bonchev–Trinajstić information content (AvgIpc) is 2.67. The van der Waals surface area contributed by atoms with E-state index in [0.29, 0.717) is 0 Å². The molecule has 0 atom stereocenters. The summed E-state index contributed by atoms with van der Waals surface area (Å²) in [4.78, 5) is 0. The van der Waals surface area contributed by atoms with Gasteiger partial charge in [-0.05, 0) is 23.6 Å². The summed E-state index contributed by atoms with van der Waals surface area (Å²) in [5, 5.41) is 6.46. The van der Waals surface area contributed by atoms with Gasteiger partial charge in [-0.2, -0.15) is 0 Å². The monoisotopic (exact) mass is 467 g/mol. The van der Waals surface area contributed by atoms with Crippen molar-refractivity contribution in [3.8, 4) is 0 Å². The molecule has 0 aliphatic rings. The number of rotatable bonds is 0. The fourth-order valence-corrected chi connectivity index (χ4v) is 4.30. The van der Waals surface area contributed by atoms with Gasteiger partial charge < -0.3 is 33.1 Å². The molecule has 0 N–H and O–H groups in total. The van der Waals surface area contributed by atoms with E-state index in [0.717, 1.165) is 0 Å². The molecule has 2 heterocycles. The third-order valence-electron chi connectivity index (χ3n) is 5.65. The Kier molecular flexibility index (Phi) is 4.26. The standard InChI is InChI=1S/C23H22N3.HI/c1-24(2)15-12-13-16-17-9-7-11-20-22(17)23(26(4)21(16)14-15)18-8-5-6-10-19(18)25(20)3;/h5-14H,1-4H3;1H/q+1;/p-1. The smallest absolute Gasteiger partial charge is 0.201 e. The third kappa shape index (κ3) is 2.42. The van der Waals surface area contributed by atoms with E-state index >= 15 is 0 Å². The summed E-state index contributed by atoms with van der Waals surface area (Å²) in [7, 11) is 8.54. The van der Waals surface area contributed by atoms with Crippen LogP contribution in [0.15, 0.2) is 60.7 Å².